The van der Waals surface area contributed by atoms with Crippen LogP contribution >= 0.6 is 0 Å². The fourth-order valence-electron chi connectivity index (χ4n) is 0.954. The first-order valence-electron chi connectivity index (χ1n) is 6.57. The van der Waals surface area contributed by atoms with Crippen LogP contribution < -0.4 is 10.6 Å². The van der Waals surface area contributed by atoms with Gasteiger partial charge in [0.2, 0.25) is 11.8 Å². The van der Waals surface area contributed by atoms with E-state index < -0.39 is 0 Å². The van der Waals surface area contributed by atoms with E-state index >= 15 is 0 Å². The molecule has 4 heteroatoms. The molecule has 0 aromatic carbocycles. The zero-order valence-electron chi connectivity index (χ0n) is 13.7. The highest BCUT2D eigenvalue weighted by Gasteiger charge is 2.13. The molecular formula is C15H30N2O2. The smallest absolute Gasteiger partial charge is 0.246 e. The van der Waals surface area contributed by atoms with Crippen molar-refractivity contribution < 1.29 is 9.59 Å². The Morgan fingerprint density at radius 1 is 0.947 bits per heavy atom. The average Bonchev–Trinajstić information content (AvgIpc) is 2.13. The summed E-state index contributed by atoms with van der Waals surface area (Å²) >= 11 is 0. The van der Waals surface area contributed by atoms with Gasteiger partial charge in [-0.1, -0.05) is 13.5 Å². The number of hydrogen-bond acceptors (Lipinski definition) is 2. The zero-order valence-corrected chi connectivity index (χ0v) is 13.7. The third-order valence-corrected chi connectivity index (χ3v) is 1.71. The van der Waals surface area contributed by atoms with E-state index in [1.807, 2.05) is 48.5 Å². The molecule has 0 aliphatic rings. The molecule has 0 aliphatic carbocycles. The van der Waals surface area contributed by atoms with Crippen molar-refractivity contribution in [1.82, 2.24) is 10.6 Å². The van der Waals surface area contributed by atoms with Gasteiger partial charge in [-0.2, -0.15) is 0 Å². The molecule has 0 radical (unpaired) electrons. The lowest BCUT2D eigenvalue weighted by atomic mass is 10.1. The van der Waals surface area contributed by atoms with Crippen LogP contribution in [-0.4, -0.2) is 22.9 Å². The standard InChI is InChI=1S/C8H15NO.C7H15NO/c1-6(2)7(10)9-8(3,4)5;1-5-6(9)8-7(2,3)4/h1H2,2-5H3,(H,9,10);5H2,1-4H3,(H,8,9). The molecule has 0 aromatic rings. The number of nitrogens with one attached hydrogen (secondary N) is 2. The van der Waals surface area contributed by atoms with Gasteiger partial charge in [0, 0.05) is 23.1 Å². The number of hydrogen-bond donors (Lipinski definition) is 2. The first kappa shape index (κ1) is 20.0. The van der Waals surface area contributed by atoms with Crippen LogP contribution in [-0.2, 0) is 9.59 Å². The van der Waals surface area contributed by atoms with Gasteiger partial charge < -0.3 is 10.6 Å². The number of carbonyl (C=O) groups excluding carboxylic acids is 2. The van der Waals surface area contributed by atoms with Crippen molar-refractivity contribution in [2.75, 3.05) is 0 Å². The van der Waals surface area contributed by atoms with Crippen LogP contribution in [0.1, 0.15) is 61.8 Å². The van der Waals surface area contributed by atoms with Crippen molar-refractivity contribution in [1.29, 1.82) is 0 Å². The van der Waals surface area contributed by atoms with Crippen LogP contribution in [0.25, 0.3) is 0 Å². The summed E-state index contributed by atoms with van der Waals surface area (Å²) in [6, 6.07) is 0. The van der Waals surface area contributed by atoms with Gasteiger partial charge in [0.25, 0.3) is 0 Å². The third kappa shape index (κ3) is 16.7. The van der Waals surface area contributed by atoms with Crippen molar-refractivity contribution in [3.05, 3.63) is 12.2 Å². The lowest BCUT2D eigenvalue weighted by Gasteiger charge is -2.20. The van der Waals surface area contributed by atoms with Gasteiger partial charge in [-0.15, -0.1) is 0 Å². The summed E-state index contributed by atoms with van der Waals surface area (Å²) in [5.74, 6) is 0.0370. The van der Waals surface area contributed by atoms with Crippen LogP contribution in [0.3, 0.4) is 0 Å². The van der Waals surface area contributed by atoms with E-state index in [2.05, 4.69) is 17.2 Å². The second-order valence-corrected chi connectivity index (χ2v) is 6.64. The van der Waals surface area contributed by atoms with E-state index in [0.717, 1.165) is 0 Å². The first-order valence-corrected chi connectivity index (χ1v) is 6.57. The fraction of sp³-hybridized carbons (Fsp3) is 0.733. The zero-order chi connectivity index (χ0) is 15.9. The van der Waals surface area contributed by atoms with E-state index in [1.54, 1.807) is 6.92 Å². The maximum absolute atomic E-state index is 10.9. The molecule has 0 atom stereocenters. The minimum atomic E-state index is -0.157. The maximum atomic E-state index is 10.9. The highest BCUT2D eigenvalue weighted by Crippen LogP contribution is 2.00. The molecule has 2 N–H and O–H groups in total. The molecule has 0 aliphatic heterocycles. The molecule has 0 aromatic heterocycles. The second kappa shape index (κ2) is 7.97. The Labute approximate surface area is 118 Å². The van der Waals surface area contributed by atoms with Gasteiger partial charge in [0.05, 0.1) is 0 Å². The normalized spacial score (nSPS) is 10.9. The molecule has 0 saturated carbocycles. The number of rotatable bonds is 2. The summed E-state index contributed by atoms with van der Waals surface area (Å²) in [5, 5.41) is 5.61. The summed E-state index contributed by atoms with van der Waals surface area (Å²) in [5.41, 5.74) is 0.318. The highest BCUT2D eigenvalue weighted by molar-refractivity contribution is 5.92. The van der Waals surface area contributed by atoms with Crippen molar-refractivity contribution in [2.24, 2.45) is 0 Å². The van der Waals surface area contributed by atoms with E-state index in [4.69, 9.17) is 0 Å². The van der Waals surface area contributed by atoms with Crippen LogP contribution in [0.5, 0.6) is 0 Å². The van der Waals surface area contributed by atoms with Crippen LogP contribution in [0, 0.1) is 0 Å². The van der Waals surface area contributed by atoms with Gasteiger partial charge in [-0.3, -0.25) is 9.59 Å². The largest absolute Gasteiger partial charge is 0.352 e. The Kier molecular flexibility index (Phi) is 8.40. The molecule has 0 unspecified atom stereocenters. The Hall–Kier alpha value is -1.32. The van der Waals surface area contributed by atoms with Gasteiger partial charge >= 0.3 is 0 Å². The van der Waals surface area contributed by atoms with Gasteiger partial charge in [0.1, 0.15) is 0 Å². The van der Waals surface area contributed by atoms with Crippen LogP contribution in [0.4, 0.5) is 0 Å². The molecular weight excluding hydrogens is 240 g/mol. The lowest BCUT2D eigenvalue weighted by Crippen LogP contribution is -2.40. The summed E-state index contributed by atoms with van der Waals surface area (Å²) in [6.07, 6.45) is 0.567. The topological polar surface area (TPSA) is 58.2 Å². The molecule has 0 heterocycles. The average molecular weight is 270 g/mol. The van der Waals surface area contributed by atoms with Crippen molar-refractivity contribution >= 4 is 11.8 Å². The molecule has 2 amide bonds. The summed E-state index contributed by atoms with van der Waals surface area (Å²) in [4.78, 5) is 21.7. The van der Waals surface area contributed by atoms with E-state index in [1.165, 1.54) is 0 Å². The molecule has 19 heavy (non-hydrogen) atoms. The Morgan fingerprint density at radius 2 is 1.32 bits per heavy atom. The monoisotopic (exact) mass is 270 g/mol. The minimum Gasteiger partial charge on any atom is -0.352 e. The van der Waals surface area contributed by atoms with Gasteiger partial charge in [-0.25, -0.2) is 0 Å². The van der Waals surface area contributed by atoms with Crippen molar-refractivity contribution in [3.63, 3.8) is 0 Å². The molecule has 0 saturated heterocycles. The van der Waals surface area contributed by atoms with Crippen molar-refractivity contribution in [3.8, 4) is 0 Å². The minimum absolute atomic E-state index is 0.0763. The summed E-state index contributed by atoms with van der Waals surface area (Å²) in [6.45, 7) is 18.8. The molecule has 4 nitrogen and oxygen atoms in total. The molecule has 0 bridgehead atoms. The number of carbonyl (C=O) groups is 2. The predicted octanol–water partition coefficient (Wildman–Crippen LogP) is 2.79. The van der Waals surface area contributed by atoms with Crippen LogP contribution in [0.2, 0.25) is 0 Å². The summed E-state index contributed by atoms with van der Waals surface area (Å²) < 4.78 is 0. The first-order chi connectivity index (χ1) is 8.28. The predicted molar refractivity (Wildman–Crippen MR) is 80.9 cm³/mol. The third-order valence-electron chi connectivity index (χ3n) is 1.71. The lowest BCUT2D eigenvalue weighted by molar-refractivity contribution is -0.122. The fourth-order valence-corrected chi connectivity index (χ4v) is 0.954. The maximum Gasteiger partial charge on any atom is 0.246 e. The Morgan fingerprint density at radius 3 is 1.42 bits per heavy atom. The molecule has 112 valence electrons. The quantitative estimate of drug-likeness (QED) is 0.758. The SMILES string of the molecule is C=C(C)C(=O)NC(C)(C)C.CCC(=O)NC(C)(C)C. The Bertz CT molecular complexity index is 320. The molecule has 0 fully saturated rings. The van der Waals surface area contributed by atoms with E-state index in [0.29, 0.717) is 12.0 Å². The van der Waals surface area contributed by atoms with Crippen LogP contribution in [0.15, 0.2) is 12.2 Å². The Balaban J connectivity index is 0. The number of amides is 2. The molecule has 0 spiro atoms. The van der Waals surface area contributed by atoms with E-state index in [9.17, 15) is 9.59 Å². The molecule has 0 rings (SSSR count). The summed E-state index contributed by atoms with van der Waals surface area (Å²) in [7, 11) is 0. The van der Waals surface area contributed by atoms with E-state index in [-0.39, 0.29) is 22.9 Å². The van der Waals surface area contributed by atoms with Gasteiger partial charge in [0.15, 0.2) is 0 Å². The second-order valence-electron chi connectivity index (χ2n) is 6.64. The van der Waals surface area contributed by atoms with Gasteiger partial charge in [-0.05, 0) is 48.5 Å². The van der Waals surface area contributed by atoms with Crippen molar-refractivity contribution in [2.45, 2.75) is 72.9 Å². The highest BCUT2D eigenvalue weighted by atomic mass is 16.2.